The first-order valence-corrected chi connectivity index (χ1v) is 8.81. The number of hydrogen-bond donors (Lipinski definition) is 1. The van der Waals surface area contributed by atoms with Gasteiger partial charge >= 0.3 is 5.97 Å². The van der Waals surface area contributed by atoms with Crippen molar-refractivity contribution in [3.05, 3.63) is 29.6 Å². The number of amides is 1. The lowest BCUT2D eigenvalue weighted by atomic mass is 10.1. The molecule has 136 valence electrons. The normalized spacial score (nSPS) is 18.3. The molecule has 4 rings (SSSR count). The van der Waals surface area contributed by atoms with Gasteiger partial charge in [-0.05, 0) is 47.9 Å². The van der Waals surface area contributed by atoms with Gasteiger partial charge in [-0.2, -0.15) is 0 Å². The molecule has 0 unspecified atom stereocenters. The van der Waals surface area contributed by atoms with E-state index in [0.717, 1.165) is 31.5 Å². The van der Waals surface area contributed by atoms with E-state index in [1.807, 2.05) is 13.0 Å². The Morgan fingerprint density at radius 1 is 1.42 bits per heavy atom. The van der Waals surface area contributed by atoms with Crippen LogP contribution in [0.4, 0.5) is 11.4 Å². The number of benzene rings is 1. The summed E-state index contributed by atoms with van der Waals surface area (Å²) in [6, 6.07) is 5.16. The number of tetrazole rings is 1. The zero-order chi connectivity index (χ0) is 18.1. The summed E-state index contributed by atoms with van der Waals surface area (Å²) in [6.07, 6.45) is 2.74. The third-order valence-corrected chi connectivity index (χ3v) is 4.73. The fourth-order valence-electron chi connectivity index (χ4n) is 3.48. The van der Waals surface area contributed by atoms with Crippen molar-refractivity contribution >= 4 is 23.3 Å². The van der Waals surface area contributed by atoms with E-state index in [2.05, 4.69) is 25.7 Å². The Bertz CT molecular complexity index is 849. The highest BCUT2D eigenvalue weighted by Crippen LogP contribution is 2.37. The van der Waals surface area contributed by atoms with Crippen molar-refractivity contribution in [1.29, 1.82) is 0 Å². The minimum Gasteiger partial charge on any atom is -0.454 e. The van der Waals surface area contributed by atoms with E-state index in [-0.39, 0.29) is 18.6 Å². The molecular formula is C17H20N6O3. The Morgan fingerprint density at radius 2 is 2.31 bits per heavy atom. The smallest absolute Gasteiger partial charge is 0.338 e. The van der Waals surface area contributed by atoms with E-state index >= 15 is 0 Å². The number of nitrogens with zero attached hydrogens (tertiary/aromatic N) is 5. The molecule has 1 aromatic carbocycles. The summed E-state index contributed by atoms with van der Waals surface area (Å²) in [5.74, 6) is 0.0160. The number of nitrogens with one attached hydrogen (secondary N) is 1. The minimum atomic E-state index is -0.475. The fourth-order valence-corrected chi connectivity index (χ4v) is 3.48. The number of ether oxygens (including phenoxy) is 1. The van der Waals surface area contributed by atoms with Gasteiger partial charge in [0.05, 0.1) is 16.9 Å². The summed E-state index contributed by atoms with van der Waals surface area (Å²) < 4.78 is 6.95. The van der Waals surface area contributed by atoms with Gasteiger partial charge in [-0.1, -0.05) is 6.92 Å². The third kappa shape index (κ3) is 2.89. The number of anilines is 2. The van der Waals surface area contributed by atoms with Gasteiger partial charge in [0.1, 0.15) is 6.04 Å². The first kappa shape index (κ1) is 16.5. The van der Waals surface area contributed by atoms with E-state index in [0.29, 0.717) is 23.6 Å². The van der Waals surface area contributed by atoms with Crippen LogP contribution in [0.15, 0.2) is 18.2 Å². The number of carbonyl (C=O) groups is 2. The molecule has 0 bridgehead atoms. The lowest BCUT2D eigenvalue weighted by molar-refractivity contribution is -0.117. The Morgan fingerprint density at radius 3 is 3.15 bits per heavy atom. The molecule has 3 heterocycles. The lowest BCUT2D eigenvalue weighted by Crippen LogP contribution is -2.43. The average Bonchev–Trinajstić information content (AvgIpc) is 3.29. The van der Waals surface area contributed by atoms with E-state index in [1.165, 1.54) is 0 Å². The Labute approximate surface area is 150 Å². The number of aromatic nitrogens is 4. The second kappa shape index (κ2) is 6.74. The quantitative estimate of drug-likeness (QED) is 0.807. The number of rotatable bonds is 5. The van der Waals surface area contributed by atoms with Crippen LogP contribution >= 0.6 is 0 Å². The van der Waals surface area contributed by atoms with Crippen molar-refractivity contribution in [3.63, 3.8) is 0 Å². The zero-order valence-electron chi connectivity index (χ0n) is 14.5. The van der Waals surface area contributed by atoms with Crippen molar-refractivity contribution < 1.29 is 14.3 Å². The molecule has 1 N–H and O–H groups in total. The second-order valence-corrected chi connectivity index (χ2v) is 6.47. The van der Waals surface area contributed by atoms with Crippen LogP contribution in [-0.4, -0.2) is 44.7 Å². The standard InChI is InChI=1S/C17H20N6O3/c1-2-7-23-15(19-20-21-23)10-26-17(25)11-5-6-13-12(9-11)18-16(24)14-4-3-8-22(13)14/h5-6,9,14H,2-4,7-8,10H2,1H3,(H,18,24)/t14-/m1/s1. The van der Waals surface area contributed by atoms with Crippen LogP contribution in [0, 0.1) is 0 Å². The molecular weight excluding hydrogens is 336 g/mol. The van der Waals surface area contributed by atoms with Gasteiger partial charge < -0.3 is 15.0 Å². The van der Waals surface area contributed by atoms with Crippen molar-refractivity contribution in [2.24, 2.45) is 0 Å². The predicted octanol–water partition coefficient (Wildman–Crippen LogP) is 1.36. The molecule has 1 amide bonds. The molecule has 26 heavy (non-hydrogen) atoms. The SMILES string of the molecule is CCCn1nnnc1COC(=O)c1ccc2c(c1)NC(=O)[C@H]1CCCN21. The van der Waals surface area contributed by atoms with Gasteiger partial charge in [-0.25, -0.2) is 9.48 Å². The number of carbonyl (C=O) groups excluding carboxylic acids is 2. The molecule has 9 heteroatoms. The van der Waals surface area contributed by atoms with Gasteiger partial charge in [0, 0.05) is 13.1 Å². The largest absolute Gasteiger partial charge is 0.454 e. The Hall–Kier alpha value is -2.97. The van der Waals surface area contributed by atoms with Crippen molar-refractivity contribution in [2.45, 2.75) is 45.4 Å². The summed E-state index contributed by atoms with van der Waals surface area (Å²) in [5, 5.41) is 14.2. The molecule has 0 radical (unpaired) electrons. The molecule has 9 nitrogen and oxygen atoms in total. The van der Waals surface area contributed by atoms with E-state index in [1.54, 1.807) is 16.8 Å². The monoisotopic (exact) mass is 356 g/mol. The summed E-state index contributed by atoms with van der Waals surface area (Å²) >= 11 is 0. The van der Waals surface area contributed by atoms with E-state index < -0.39 is 5.97 Å². The molecule has 1 atom stereocenters. The number of esters is 1. The van der Waals surface area contributed by atoms with Gasteiger partial charge in [0.25, 0.3) is 0 Å². The molecule has 0 spiro atoms. The topological polar surface area (TPSA) is 102 Å². The molecule has 2 aromatic rings. The zero-order valence-corrected chi connectivity index (χ0v) is 14.5. The van der Waals surface area contributed by atoms with Crippen molar-refractivity contribution in [1.82, 2.24) is 20.2 Å². The fraction of sp³-hybridized carbons (Fsp3) is 0.471. The van der Waals surface area contributed by atoms with Crippen molar-refractivity contribution in [3.8, 4) is 0 Å². The second-order valence-electron chi connectivity index (χ2n) is 6.47. The third-order valence-electron chi connectivity index (χ3n) is 4.73. The van der Waals surface area contributed by atoms with Crippen LogP contribution in [0.3, 0.4) is 0 Å². The maximum atomic E-state index is 12.4. The van der Waals surface area contributed by atoms with Crippen LogP contribution in [0.2, 0.25) is 0 Å². The maximum absolute atomic E-state index is 12.4. The first-order valence-electron chi connectivity index (χ1n) is 8.81. The number of aryl methyl sites for hydroxylation is 1. The maximum Gasteiger partial charge on any atom is 0.338 e. The van der Waals surface area contributed by atoms with Gasteiger partial charge in [-0.3, -0.25) is 4.79 Å². The molecule has 1 aromatic heterocycles. The average molecular weight is 356 g/mol. The summed E-state index contributed by atoms with van der Waals surface area (Å²) in [4.78, 5) is 26.7. The van der Waals surface area contributed by atoms with Crippen LogP contribution in [0.1, 0.15) is 42.4 Å². The molecule has 0 aliphatic carbocycles. The summed E-state index contributed by atoms with van der Waals surface area (Å²) in [7, 11) is 0. The predicted molar refractivity (Wildman–Crippen MR) is 92.7 cm³/mol. The number of fused-ring (bicyclic) bond motifs is 3. The molecule has 2 aliphatic heterocycles. The van der Waals surface area contributed by atoms with Crippen molar-refractivity contribution in [2.75, 3.05) is 16.8 Å². The highest BCUT2D eigenvalue weighted by atomic mass is 16.5. The Kier molecular flexibility index (Phi) is 4.27. The molecule has 1 saturated heterocycles. The van der Waals surface area contributed by atoms with E-state index in [9.17, 15) is 9.59 Å². The van der Waals surface area contributed by atoms with Crippen LogP contribution in [-0.2, 0) is 22.7 Å². The lowest BCUT2D eigenvalue weighted by Gasteiger charge is -2.33. The number of hydrogen-bond acceptors (Lipinski definition) is 7. The summed E-state index contributed by atoms with van der Waals surface area (Å²) in [5.41, 5.74) is 1.99. The highest BCUT2D eigenvalue weighted by Gasteiger charge is 2.36. The molecule has 0 saturated carbocycles. The minimum absolute atomic E-state index is 0.00345. The molecule has 2 aliphatic rings. The van der Waals surface area contributed by atoms with Gasteiger partial charge in [0.15, 0.2) is 12.4 Å². The summed E-state index contributed by atoms with van der Waals surface area (Å²) in [6.45, 7) is 3.55. The Balaban J connectivity index is 1.48. The first-order chi connectivity index (χ1) is 12.7. The van der Waals surface area contributed by atoms with E-state index in [4.69, 9.17) is 4.74 Å². The van der Waals surface area contributed by atoms with Crippen LogP contribution in [0.5, 0.6) is 0 Å². The van der Waals surface area contributed by atoms with Gasteiger partial charge in [-0.15, -0.1) is 5.10 Å². The van der Waals surface area contributed by atoms with Gasteiger partial charge in [0.2, 0.25) is 5.91 Å². The molecule has 1 fully saturated rings. The van der Waals surface area contributed by atoms with Crippen LogP contribution in [0.25, 0.3) is 0 Å². The van der Waals surface area contributed by atoms with Crippen LogP contribution < -0.4 is 10.2 Å². The highest BCUT2D eigenvalue weighted by molar-refractivity contribution is 6.05.